The predicted molar refractivity (Wildman–Crippen MR) is 71.1 cm³/mol. The van der Waals surface area contributed by atoms with Crippen LogP contribution >= 0.6 is 11.8 Å². The van der Waals surface area contributed by atoms with Gasteiger partial charge in [-0.05, 0) is 32.4 Å². The second-order valence-corrected chi connectivity index (χ2v) is 6.55. The van der Waals surface area contributed by atoms with Crippen LogP contribution in [-0.4, -0.2) is 36.8 Å². The van der Waals surface area contributed by atoms with E-state index in [1.165, 1.54) is 25.7 Å². The molecular formula is C13H25NOS. The highest BCUT2D eigenvalue weighted by molar-refractivity contribution is 7.99. The van der Waals surface area contributed by atoms with Crippen LogP contribution in [0.4, 0.5) is 0 Å². The number of thioether (sulfide) groups is 1. The van der Waals surface area contributed by atoms with E-state index < -0.39 is 0 Å². The molecule has 3 unspecified atom stereocenters. The molecule has 0 bridgehead atoms. The Labute approximate surface area is 104 Å². The van der Waals surface area contributed by atoms with Crippen LogP contribution in [0.15, 0.2) is 0 Å². The molecule has 2 aliphatic carbocycles. The van der Waals surface area contributed by atoms with Gasteiger partial charge >= 0.3 is 0 Å². The molecule has 0 aliphatic heterocycles. The van der Waals surface area contributed by atoms with E-state index in [9.17, 15) is 0 Å². The van der Waals surface area contributed by atoms with Crippen molar-refractivity contribution in [3.8, 4) is 0 Å². The number of hydrogen-bond acceptors (Lipinski definition) is 3. The van der Waals surface area contributed by atoms with Crippen LogP contribution in [0.5, 0.6) is 0 Å². The summed E-state index contributed by atoms with van der Waals surface area (Å²) in [5.41, 5.74) is 0.522. The molecule has 1 N–H and O–H groups in total. The van der Waals surface area contributed by atoms with E-state index in [-0.39, 0.29) is 0 Å². The summed E-state index contributed by atoms with van der Waals surface area (Å²) in [4.78, 5) is 0. The third-order valence-corrected chi connectivity index (χ3v) is 5.46. The van der Waals surface area contributed by atoms with Gasteiger partial charge in [0.1, 0.15) is 0 Å². The molecule has 3 atom stereocenters. The lowest BCUT2D eigenvalue weighted by molar-refractivity contribution is -0.172. The molecule has 0 radical (unpaired) electrons. The van der Waals surface area contributed by atoms with Crippen molar-refractivity contribution < 1.29 is 4.74 Å². The Balaban J connectivity index is 1.79. The van der Waals surface area contributed by atoms with Gasteiger partial charge in [-0.3, -0.25) is 0 Å². The fraction of sp³-hybridized carbons (Fsp3) is 1.00. The Hall–Kier alpha value is 0.270. The number of nitrogens with one attached hydrogen (secondary N) is 1. The first-order chi connectivity index (χ1) is 7.73. The standard InChI is InChI=1S/C13H25NOS/c1-4-15-12-8-11(13(12)6-5-7-13)14-9-10(2)16-3/h10-12,14H,4-9H2,1-3H3. The summed E-state index contributed by atoms with van der Waals surface area (Å²) in [5.74, 6) is 0. The van der Waals surface area contributed by atoms with Crippen molar-refractivity contribution in [1.29, 1.82) is 0 Å². The Morgan fingerprint density at radius 3 is 2.75 bits per heavy atom. The van der Waals surface area contributed by atoms with Gasteiger partial charge in [0.15, 0.2) is 0 Å². The fourth-order valence-corrected chi connectivity index (χ4v) is 3.38. The van der Waals surface area contributed by atoms with Gasteiger partial charge in [0.2, 0.25) is 0 Å². The molecule has 2 aliphatic rings. The summed E-state index contributed by atoms with van der Waals surface area (Å²) in [6.45, 7) is 6.43. The molecule has 2 saturated carbocycles. The number of ether oxygens (including phenoxy) is 1. The normalized spacial score (nSPS) is 33.2. The SMILES string of the molecule is CCOC1CC(NCC(C)SC)C12CCC2. The topological polar surface area (TPSA) is 21.3 Å². The summed E-state index contributed by atoms with van der Waals surface area (Å²) in [6.07, 6.45) is 8.13. The average molecular weight is 243 g/mol. The summed E-state index contributed by atoms with van der Waals surface area (Å²) >= 11 is 1.94. The first-order valence-corrected chi connectivity index (χ1v) is 7.89. The molecule has 0 aromatic rings. The maximum absolute atomic E-state index is 5.85. The van der Waals surface area contributed by atoms with Crippen LogP contribution in [0.3, 0.4) is 0 Å². The van der Waals surface area contributed by atoms with Crippen LogP contribution < -0.4 is 5.32 Å². The molecule has 0 amide bonds. The molecule has 94 valence electrons. The Morgan fingerprint density at radius 1 is 1.50 bits per heavy atom. The van der Waals surface area contributed by atoms with Crippen LogP contribution in [0, 0.1) is 5.41 Å². The molecule has 2 rings (SSSR count). The van der Waals surface area contributed by atoms with Gasteiger partial charge in [-0.1, -0.05) is 13.3 Å². The average Bonchev–Trinajstić information content (AvgIpc) is 2.19. The van der Waals surface area contributed by atoms with Crippen molar-refractivity contribution >= 4 is 11.8 Å². The molecule has 0 aromatic heterocycles. The summed E-state index contributed by atoms with van der Waals surface area (Å²) in [6, 6.07) is 0.729. The largest absolute Gasteiger partial charge is 0.378 e. The van der Waals surface area contributed by atoms with Crippen molar-refractivity contribution in [2.75, 3.05) is 19.4 Å². The lowest BCUT2D eigenvalue weighted by Gasteiger charge is -2.61. The molecular weight excluding hydrogens is 218 g/mol. The fourth-order valence-electron chi connectivity index (χ4n) is 3.12. The molecule has 0 aromatic carbocycles. The van der Waals surface area contributed by atoms with Crippen molar-refractivity contribution in [1.82, 2.24) is 5.32 Å². The van der Waals surface area contributed by atoms with E-state index in [2.05, 4.69) is 25.4 Å². The third-order valence-electron chi connectivity index (χ3n) is 4.49. The highest BCUT2D eigenvalue weighted by Gasteiger charge is 2.58. The lowest BCUT2D eigenvalue weighted by atomic mass is 9.51. The maximum atomic E-state index is 5.85. The van der Waals surface area contributed by atoms with E-state index in [4.69, 9.17) is 4.74 Å². The zero-order valence-corrected chi connectivity index (χ0v) is 11.6. The van der Waals surface area contributed by atoms with E-state index in [1.54, 1.807) is 0 Å². The molecule has 0 saturated heterocycles. The molecule has 2 nitrogen and oxygen atoms in total. The summed E-state index contributed by atoms with van der Waals surface area (Å²) < 4.78 is 5.85. The van der Waals surface area contributed by atoms with Gasteiger partial charge in [0, 0.05) is 29.9 Å². The highest BCUT2D eigenvalue weighted by Crippen LogP contribution is 2.57. The second-order valence-electron chi connectivity index (χ2n) is 5.27. The molecule has 2 fully saturated rings. The minimum absolute atomic E-state index is 0.522. The van der Waals surface area contributed by atoms with E-state index >= 15 is 0 Å². The van der Waals surface area contributed by atoms with Gasteiger partial charge in [-0.25, -0.2) is 0 Å². The van der Waals surface area contributed by atoms with Crippen molar-refractivity contribution in [3.05, 3.63) is 0 Å². The molecule has 0 heterocycles. The molecule has 16 heavy (non-hydrogen) atoms. The smallest absolute Gasteiger partial charge is 0.0661 e. The number of rotatable bonds is 6. The Morgan fingerprint density at radius 2 is 2.25 bits per heavy atom. The zero-order valence-electron chi connectivity index (χ0n) is 10.8. The second kappa shape index (κ2) is 5.28. The predicted octanol–water partition coefficient (Wildman–Crippen LogP) is 2.68. The first kappa shape index (κ1) is 12.7. The van der Waals surface area contributed by atoms with Gasteiger partial charge in [-0.15, -0.1) is 0 Å². The molecule has 1 spiro atoms. The van der Waals surface area contributed by atoms with Crippen molar-refractivity contribution in [2.24, 2.45) is 5.41 Å². The minimum atomic E-state index is 0.522. The Bertz CT molecular complexity index is 230. The molecule has 3 heteroatoms. The van der Waals surface area contributed by atoms with E-state index in [0.29, 0.717) is 11.5 Å². The third kappa shape index (κ3) is 2.14. The Kier molecular flexibility index (Phi) is 4.20. The van der Waals surface area contributed by atoms with Crippen LogP contribution in [0.2, 0.25) is 0 Å². The monoisotopic (exact) mass is 243 g/mol. The van der Waals surface area contributed by atoms with Crippen molar-refractivity contribution in [2.45, 2.75) is 56.9 Å². The van der Waals surface area contributed by atoms with Gasteiger partial charge < -0.3 is 10.1 Å². The highest BCUT2D eigenvalue weighted by atomic mass is 32.2. The number of hydrogen-bond donors (Lipinski definition) is 1. The van der Waals surface area contributed by atoms with Crippen LogP contribution in [0.1, 0.15) is 39.5 Å². The van der Waals surface area contributed by atoms with Gasteiger partial charge in [0.05, 0.1) is 6.10 Å². The first-order valence-electron chi connectivity index (χ1n) is 6.60. The maximum Gasteiger partial charge on any atom is 0.0661 e. The zero-order chi connectivity index (χ0) is 11.6. The quantitative estimate of drug-likeness (QED) is 0.775. The minimum Gasteiger partial charge on any atom is -0.378 e. The van der Waals surface area contributed by atoms with Crippen LogP contribution in [0.25, 0.3) is 0 Å². The van der Waals surface area contributed by atoms with E-state index in [0.717, 1.165) is 24.4 Å². The van der Waals surface area contributed by atoms with Gasteiger partial charge in [-0.2, -0.15) is 11.8 Å². The van der Waals surface area contributed by atoms with E-state index in [1.807, 2.05) is 11.8 Å². The van der Waals surface area contributed by atoms with Crippen molar-refractivity contribution in [3.63, 3.8) is 0 Å². The summed E-state index contributed by atoms with van der Waals surface area (Å²) in [5, 5.41) is 4.48. The van der Waals surface area contributed by atoms with Crippen LogP contribution in [-0.2, 0) is 4.74 Å². The lowest BCUT2D eigenvalue weighted by Crippen LogP contribution is -2.67. The van der Waals surface area contributed by atoms with Gasteiger partial charge in [0.25, 0.3) is 0 Å². The summed E-state index contributed by atoms with van der Waals surface area (Å²) in [7, 11) is 0.